The number of carbonyl (C=O) groups excluding carboxylic acids is 1. The number of aryl methyl sites for hydroxylation is 1. The number of hydrogen-bond donors (Lipinski definition) is 2. The zero-order chi connectivity index (χ0) is 27.2. The summed E-state index contributed by atoms with van der Waals surface area (Å²) in [4.78, 5) is 13.0. The van der Waals surface area contributed by atoms with E-state index in [1.165, 1.54) is 28.6 Å². The van der Waals surface area contributed by atoms with E-state index in [0.717, 1.165) is 5.56 Å². The summed E-state index contributed by atoms with van der Waals surface area (Å²) in [6.07, 6.45) is 2.38. The van der Waals surface area contributed by atoms with E-state index in [1.54, 1.807) is 24.3 Å². The Balaban J connectivity index is 1.31. The third-order valence-corrected chi connectivity index (χ3v) is 9.96. The minimum Gasteiger partial charge on any atom is -0.326 e. The molecule has 3 aromatic carbocycles. The number of piperidine rings is 1. The zero-order valence-electron chi connectivity index (χ0n) is 20.7. The predicted octanol–water partition coefficient (Wildman–Crippen LogP) is 4.75. The quantitative estimate of drug-likeness (QED) is 0.362. The topological polar surface area (TPSA) is 113 Å². The number of rotatable bonds is 10. The number of nitrogens with zero attached hydrogens (tertiary/aromatic N) is 1. The summed E-state index contributed by atoms with van der Waals surface area (Å²) in [5, 5.41) is 3.29. The molecule has 1 amide bonds. The average Bonchev–Trinajstić information content (AvgIpc) is 2.91. The Morgan fingerprint density at radius 1 is 0.895 bits per heavy atom. The normalized spacial score (nSPS) is 16.6. The second-order valence-corrected chi connectivity index (χ2v) is 13.4. The van der Waals surface area contributed by atoms with Crippen LogP contribution in [0.3, 0.4) is 0 Å². The highest BCUT2D eigenvalue weighted by Crippen LogP contribution is 2.23. The molecule has 2 N–H and O–H groups in total. The Kier molecular flexibility index (Phi) is 9.09. The van der Waals surface area contributed by atoms with E-state index in [1.807, 2.05) is 30.3 Å². The van der Waals surface area contributed by atoms with Crippen molar-refractivity contribution in [2.24, 2.45) is 5.92 Å². The van der Waals surface area contributed by atoms with E-state index in [2.05, 4.69) is 10.0 Å². The zero-order valence-corrected chi connectivity index (χ0v) is 23.1. The Bertz CT molecular complexity index is 1450. The largest absolute Gasteiger partial charge is 0.326 e. The van der Waals surface area contributed by atoms with Crippen molar-refractivity contribution >= 4 is 48.9 Å². The van der Waals surface area contributed by atoms with Crippen LogP contribution in [0.25, 0.3) is 0 Å². The van der Waals surface area contributed by atoms with E-state index in [9.17, 15) is 21.6 Å². The van der Waals surface area contributed by atoms with Gasteiger partial charge in [0.1, 0.15) is 0 Å². The van der Waals surface area contributed by atoms with E-state index < -0.39 is 26.0 Å². The summed E-state index contributed by atoms with van der Waals surface area (Å²) in [7, 11) is -7.29. The highest BCUT2D eigenvalue weighted by Gasteiger charge is 2.32. The van der Waals surface area contributed by atoms with Crippen LogP contribution in [-0.4, -0.2) is 45.9 Å². The third-order valence-electron chi connectivity index (χ3n) is 6.39. The highest BCUT2D eigenvalue weighted by molar-refractivity contribution is 7.92. The molecule has 0 aromatic heterocycles. The first-order valence-electron chi connectivity index (χ1n) is 12.3. The molecule has 1 heterocycles. The first-order valence-corrected chi connectivity index (χ1v) is 15.8. The van der Waals surface area contributed by atoms with E-state index in [4.69, 9.17) is 11.6 Å². The van der Waals surface area contributed by atoms with Gasteiger partial charge in [0, 0.05) is 29.5 Å². The fourth-order valence-corrected chi connectivity index (χ4v) is 7.10. The van der Waals surface area contributed by atoms with Gasteiger partial charge in [0.25, 0.3) is 10.0 Å². The van der Waals surface area contributed by atoms with Crippen molar-refractivity contribution in [3.8, 4) is 0 Å². The van der Waals surface area contributed by atoms with Gasteiger partial charge in [0.2, 0.25) is 15.9 Å². The summed E-state index contributed by atoms with van der Waals surface area (Å²) in [6, 6.07) is 21.9. The Morgan fingerprint density at radius 2 is 1.55 bits per heavy atom. The Labute approximate surface area is 229 Å². The number of nitrogens with one attached hydrogen (secondary N) is 2. The molecule has 1 aliphatic heterocycles. The average molecular weight is 576 g/mol. The number of halogens is 1. The summed E-state index contributed by atoms with van der Waals surface area (Å²) in [6.45, 7) is 0.543. The lowest BCUT2D eigenvalue weighted by Gasteiger charge is -2.31. The highest BCUT2D eigenvalue weighted by atomic mass is 35.5. The minimum atomic E-state index is -3.82. The van der Waals surface area contributed by atoms with Crippen molar-refractivity contribution in [3.63, 3.8) is 0 Å². The number of amides is 1. The van der Waals surface area contributed by atoms with Crippen LogP contribution in [0.5, 0.6) is 0 Å². The predicted molar refractivity (Wildman–Crippen MR) is 150 cm³/mol. The molecule has 202 valence electrons. The molecule has 0 unspecified atom stereocenters. The number of sulfonamides is 2. The molecule has 4 rings (SSSR count). The molecular weight excluding hydrogens is 546 g/mol. The molecule has 1 aliphatic rings. The van der Waals surface area contributed by atoms with Gasteiger partial charge >= 0.3 is 0 Å². The fraction of sp³-hybridized carbons (Fsp3) is 0.296. The standard InChI is InChI=1S/C27H30ClN3O5S2/c28-23-10-12-25(13-11-23)30-38(35,36)26-16-14-24(15-17-26)29-27(32)22-9-4-18-31(20-22)37(33,34)19-5-8-21-6-2-1-3-7-21/h1-3,6-7,10-17,22,30H,4-5,8-9,18-20H2,(H,29,32)/t22-/m1/s1. The molecular formula is C27H30ClN3O5S2. The maximum absolute atomic E-state index is 12.9. The van der Waals surface area contributed by atoms with Gasteiger partial charge in [0.05, 0.1) is 16.6 Å². The van der Waals surface area contributed by atoms with Gasteiger partial charge in [-0.1, -0.05) is 41.9 Å². The van der Waals surface area contributed by atoms with Gasteiger partial charge in [0.15, 0.2) is 0 Å². The first-order chi connectivity index (χ1) is 18.1. The van der Waals surface area contributed by atoms with E-state index in [-0.39, 0.29) is 23.1 Å². The molecule has 0 saturated carbocycles. The van der Waals surface area contributed by atoms with Crippen LogP contribution in [0.2, 0.25) is 5.02 Å². The SMILES string of the molecule is O=C(Nc1ccc(S(=O)(=O)Nc2ccc(Cl)cc2)cc1)[C@@H]1CCCN(S(=O)(=O)CCCc2ccccc2)C1. The lowest BCUT2D eigenvalue weighted by molar-refractivity contribution is -0.120. The van der Waals surface area contributed by atoms with Crippen LogP contribution in [0.4, 0.5) is 11.4 Å². The van der Waals surface area contributed by atoms with Crippen molar-refractivity contribution < 1.29 is 21.6 Å². The Morgan fingerprint density at radius 3 is 2.24 bits per heavy atom. The number of hydrogen-bond acceptors (Lipinski definition) is 5. The molecule has 1 saturated heterocycles. The second-order valence-electron chi connectivity index (χ2n) is 9.23. The molecule has 0 bridgehead atoms. The van der Waals surface area contributed by atoms with Gasteiger partial charge in [-0.15, -0.1) is 0 Å². The third kappa shape index (κ3) is 7.57. The van der Waals surface area contributed by atoms with Crippen LogP contribution in [0.15, 0.2) is 83.8 Å². The van der Waals surface area contributed by atoms with Gasteiger partial charge in [-0.2, -0.15) is 0 Å². The maximum atomic E-state index is 12.9. The molecule has 3 aromatic rings. The molecule has 1 fully saturated rings. The summed E-state index contributed by atoms with van der Waals surface area (Å²) in [5.74, 6) is -0.734. The van der Waals surface area contributed by atoms with E-state index in [0.29, 0.717) is 48.6 Å². The molecule has 0 radical (unpaired) electrons. The van der Waals surface area contributed by atoms with Gasteiger partial charge in [-0.3, -0.25) is 9.52 Å². The monoisotopic (exact) mass is 575 g/mol. The van der Waals surface area contributed by atoms with Crippen LogP contribution in [0, 0.1) is 5.92 Å². The van der Waals surface area contributed by atoms with Gasteiger partial charge in [-0.25, -0.2) is 21.1 Å². The second kappa shape index (κ2) is 12.3. The first kappa shape index (κ1) is 28.1. The van der Waals surface area contributed by atoms with Crippen molar-refractivity contribution in [1.29, 1.82) is 0 Å². The van der Waals surface area contributed by atoms with Crippen molar-refractivity contribution in [2.75, 3.05) is 28.9 Å². The van der Waals surface area contributed by atoms with Gasteiger partial charge < -0.3 is 5.32 Å². The molecule has 11 heteroatoms. The number of benzene rings is 3. The molecule has 38 heavy (non-hydrogen) atoms. The fourth-order valence-electron chi connectivity index (χ4n) is 4.34. The maximum Gasteiger partial charge on any atom is 0.261 e. The van der Waals surface area contributed by atoms with Crippen molar-refractivity contribution in [2.45, 2.75) is 30.6 Å². The Hall–Kier alpha value is -2.92. The molecule has 0 aliphatic carbocycles. The van der Waals surface area contributed by atoms with Crippen LogP contribution in [-0.2, 0) is 31.3 Å². The van der Waals surface area contributed by atoms with Crippen molar-refractivity contribution in [3.05, 3.63) is 89.4 Å². The minimum absolute atomic E-state index is 0.0379. The number of anilines is 2. The van der Waals surface area contributed by atoms with Crippen LogP contribution in [0.1, 0.15) is 24.8 Å². The summed E-state index contributed by atoms with van der Waals surface area (Å²) < 4.78 is 55.0. The lowest BCUT2D eigenvalue weighted by Crippen LogP contribution is -2.44. The summed E-state index contributed by atoms with van der Waals surface area (Å²) in [5.41, 5.74) is 1.91. The van der Waals surface area contributed by atoms with Crippen LogP contribution >= 0.6 is 11.6 Å². The van der Waals surface area contributed by atoms with Crippen LogP contribution < -0.4 is 10.0 Å². The number of carbonyl (C=O) groups is 1. The summed E-state index contributed by atoms with van der Waals surface area (Å²) >= 11 is 5.84. The van der Waals surface area contributed by atoms with E-state index >= 15 is 0 Å². The molecule has 0 spiro atoms. The lowest BCUT2D eigenvalue weighted by atomic mass is 9.99. The van der Waals surface area contributed by atoms with Gasteiger partial charge in [-0.05, 0) is 79.8 Å². The molecule has 1 atom stereocenters. The van der Waals surface area contributed by atoms with Crippen molar-refractivity contribution in [1.82, 2.24) is 4.31 Å². The smallest absolute Gasteiger partial charge is 0.261 e. The molecule has 8 nitrogen and oxygen atoms in total.